The van der Waals surface area contributed by atoms with E-state index in [1.807, 2.05) is 0 Å². The molecule has 0 saturated carbocycles. The minimum Gasteiger partial charge on any atom is -0.391 e. The number of carbonyl (C=O) groups excluding carboxylic acids is 3. The Balaban J connectivity index is 1.92. The number of likely N-dealkylation sites (tertiary alicyclic amines) is 1. The summed E-state index contributed by atoms with van der Waals surface area (Å²) in [6, 6.07) is 3.57. The van der Waals surface area contributed by atoms with Crippen LogP contribution in [0.2, 0.25) is 5.02 Å². The lowest BCUT2D eigenvalue weighted by Gasteiger charge is -2.23. The number of carbonyl (C=O) groups is 3. The largest absolute Gasteiger partial charge is 0.391 e. The van der Waals surface area contributed by atoms with Crippen LogP contribution in [0.25, 0.3) is 0 Å². The Labute approximate surface area is 143 Å². The Morgan fingerprint density at radius 3 is 2.75 bits per heavy atom. The van der Waals surface area contributed by atoms with Crippen molar-refractivity contribution in [2.45, 2.75) is 18.6 Å². The van der Waals surface area contributed by atoms with E-state index in [0.29, 0.717) is 18.8 Å². The average molecular weight is 353 g/mol. The molecule has 4 N–H and O–H groups in total. The lowest BCUT2D eigenvalue weighted by atomic mass is 10.1. The molecule has 2 saturated heterocycles. The average Bonchev–Trinajstić information content (AvgIpc) is 3.13. The van der Waals surface area contributed by atoms with E-state index in [2.05, 4.69) is 5.32 Å². The van der Waals surface area contributed by atoms with Crippen LogP contribution in [-0.4, -0.2) is 59.6 Å². The molecule has 0 aromatic heterocycles. The van der Waals surface area contributed by atoms with Crippen molar-refractivity contribution < 1.29 is 19.5 Å². The highest BCUT2D eigenvalue weighted by Gasteiger charge is 2.38. The number of nitrogens with two attached hydrogens (primary N) is 1. The molecular formula is C15H17ClN4O4. The monoisotopic (exact) mass is 352 g/mol. The van der Waals surface area contributed by atoms with Gasteiger partial charge in [-0.3, -0.25) is 14.5 Å². The maximum Gasteiger partial charge on any atom is 0.321 e. The number of benzene rings is 1. The van der Waals surface area contributed by atoms with E-state index in [9.17, 15) is 19.5 Å². The Hall–Kier alpha value is -2.32. The summed E-state index contributed by atoms with van der Waals surface area (Å²) in [7, 11) is 0. The topological polar surface area (TPSA) is 116 Å². The molecule has 0 unspecified atom stereocenters. The second kappa shape index (κ2) is 6.29. The van der Waals surface area contributed by atoms with Crippen LogP contribution < -0.4 is 16.0 Å². The van der Waals surface area contributed by atoms with Gasteiger partial charge in [0.05, 0.1) is 16.7 Å². The molecule has 3 rings (SSSR count). The summed E-state index contributed by atoms with van der Waals surface area (Å²) in [6.07, 6.45) is -0.704. The number of anilines is 1. The first kappa shape index (κ1) is 16.5. The van der Waals surface area contributed by atoms with Crippen LogP contribution in [0.15, 0.2) is 18.2 Å². The summed E-state index contributed by atoms with van der Waals surface area (Å²) in [5, 5.41) is 12.6. The molecule has 0 radical (unpaired) electrons. The van der Waals surface area contributed by atoms with E-state index in [0.717, 1.165) is 0 Å². The number of aliphatic hydroxyl groups excluding tert-OH is 1. The van der Waals surface area contributed by atoms with Gasteiger partial charge in [0, 0.05) is 31.7 Å². The van der Waals surface area contributed by atoms with Gasteiger partial charge in [0.15, 0.2) is 0 Å². The molecule has 2 aliphatic heterocycles. The third-order valence-corrected chi connectivity index (χ3v) is 4.55. The van der Waals surface area contributed by atoms with E-state index in [1.54, 1.807) is 6.07 Å². The van der Waals surface area contributed by atoms with Gasteiger partial charge in [0.25, 0.3) is 5.91 Å². The fourth-order valence-electron chi connectivity index (χ4n) is 3.03. The van der Waals surface area contributed by atoms with Crippen molar-refractivity contribution in [3.8, 4) is 0 Å². The van der Waals surface area contributed by atoms with Crippen molar-refractivity contribution in [3.05, 3.63) is 28.8 Å². The Morgan fingerprint density at radius 2 is 2.12 bits per heavy atom. The van der Waals surface area contributed by atoms with Crippen LogP contribution in [0.4, 0.5) is 10.5 Å². The van der Waals surface area contributed by atoms with Crippen molar-refractivity contribution in [2.24, 2.45) is 5.73 Å². The van der Waals surface area contributed by atoms with Gasteiger partial charge in [0.1, 0.15) is 6.04 Å². The van der Waals surface area contributed by atoms with Gasteiger partial charge in [0.2, 0.25) is 5.91 Å². The van der Waals surface area contributed by atoms with Crippen molar-refractivity contribution >= 4 is 35.1 Å². The minimum atomic E-state index is -0.873. The summed E-state index contributed by atoms with van der Waals surface area (Å²) in [5.74, 6) is -1.17. The number of amides is 4. The summed E-state index contributed by atoms with van der Waals surface area (Å²) < 4.78 is 0. The van der Waals surface area contributed by atoms with Gasteiger partial charge < -0.3 is 21.1 Å². The first-order valence-electron chi connectivity index (χ1n) is 7.51. The first-order chi connectivity index (χ1) is 11.4. The second-order valence-corrected chi connectivity index (χ2v) is 6.22. The van der Waals surface area contributed by atoms with Crippen LogP contribution in [-0.2, 0) is 4.79 Å². The zero-order chi connectivity index (χ0) is 17.4. The normalized spacial score (nSPS) is 23.5. The highest BCUT2D eigenvalue weighted by Crippen LogP contribution is 2.28. The molecule has 4 amide bonds. The smallest absolute Gasteiger partial charge is 0.321 e. The molecule has 0 aliphatic carbocycles. The maximum absolute atomic E-state index is 12.8. The fraction of sp³-hybridized carbons (Fsp3) is 0.400. The number of nitrogens with one attached hydrogen (secondary N) is 1. The van der Waals surface area contributed by atoms with Crippen molar-refractivity contribution in [3.63, 3.8) is 0 Å². The number of primary amides is 1. The zero-order valence-corrected chi connectivity index (χ0v) is 13.5. The van der Waals surface area contributed by atoms with Gasteiger partial charge in [-0.05, 0) is 18.2 Å². The van der Waals surface area contributed by atoms with E-state index in [-0.39, 0.29) is 29.6 Å². The SMILES string of the molecule is NC(=O)[C@@H]1C[C@@H](O)CN1C(=O)c1cc(N2CCNC2=O)ccc1Cl. The molecule has 8 nitrogen and oxygen atoms in total. The van der Waals surface area contributed by atoms with Gasteiger partial charge in [-0.15, -0.1) is 0 Å². The van der Waals surface area contributed by atoms with Crippen molar-refractivity contribution in [2.75, 3.05) is 24.5 Å². The van der Waals surface area contributed by atoms with Crippen LogP contribution in [0.1, 0.15) is 16.8 Å². The van der Waals surface area contributed by atoms with E-state index < -0.39 is 24.0 Å². The Bertz CT molecular complexity index is 711. The molecule has 1 aromatic rings. The molecule has 2 atom stereocenters. The first-order valence-corrected chi connectivity index (χ1v) is 7.89. The Kier molecular flexibility index (Phi) is 4.33. The van der Waals surface area contributed by atoms with Crippen LogP contribution in [0.3, 0.4) is 0 Å². The molecule has 2 fully saturated rings. The van der Waals surface area contributed by atoms with Gasteiger partial charge >= 0.3 is 6.03 Å². The standard InChI is InChI=1S/C15H17ClN4O4/c16-11-2-1-8(19-4-3-18-15(19)24)5-10(11)14(23)20-7-9(21)6-12(20)13(17)22/h1-2,5,9,12,21H,3-4,6-7H2,(H2,17,22)(H,18,24)/t9-,12+/m1/s1. The van der Waals surface area contributed by atoms with E-state index >= 15 is 0 Å². The number of aliphatic hydroxyl groups is 1. The predicted molar refractivity (Wildman–Crippen MR) is 86.8 cm³/mol. The second-order valence-electron chi connectivity index (χ2n) is 5.81. The van der Waals surface area contributed by atoms with Crippen molar-refractivity contribution in [1.29, 1.82) is 0 Å². The number of nitrogens with zero attached hydrogens (tertiary/aromatic N) is 2. The Morgan fingerprint density at radius 1 is 1.38 bits per heavy atom. The molecule has 2 aliphatic rings. The molecule has 0 bridgehead atoms. The van der Waals surface area contributed by atoms with Gasteiger partial charge in [-0.2, -0.15) is 0 Å². The van der Waals surface area contributed by atoms with Crippen molar-refractivity contribution in [1.82, 2.24) is 10.2 Å². The summed E-state index contributed by atoms with van der Waals surface area (Å²) >= 11 is 6.13. The predicted octanol–water partition coefficient (Wildman–Crippen LogP) is -0.0697. The number of hydrogen-bond donors (Lipinski definition) is 3. The summed E-state index contributed by atoms with van der Waals surface area (Å²) in [5.41, 5.74) is 6.01. The molecule has 0 spiro atoms. The van der Waals surface area contributed by atoms with Gasteiger partial charge in [-0.1, -0.05) is 11.6 Å². The lowest BCUT2D eigenvalue weighted by Crippen LogP contribution is -2.43. The fourth-order valence-corrected chi connectivity index (χ4v) is 3.22. The highest BCUT2D eigenvalue weighted by molar-refractivity contribution is 6.34. The molecule has 24 heavy (non-hydrogen) atoms. The zero-order valence-electron chi connectivity index (χ0n) is 12.7. The number of hydrogen-bond acceptors (Lipinski definition) is 4. The highest BCUT2D eigenvalue weighted by atomic mass is 35.5. The number of rotatable bonds is 3. The minimum absolute atomic E-state index is 0.0111. The third-order valence-electron chi connectivity index (χ3n) is 4.22. The third kappa shape index (κ3) is 2.90. The van der Waals surface area contributed by atoms with E-state index in [4.69, 9.17) is 17.3 Å². The molecular weight excluding hydrogens is 336 g/mol. The van der Waals surface area contributed by atoms with Crippen LogP contribution in [0.5, 0.6) is 0 Å². The molecule has 2 heterocycles. The number of halogens is 1. The molecule has 9 heteroatoms. The number of urea groups is 1. The number of β-amino-alcohol motifs (C(OH)–C–C–N with tert-alkyl or cyclic N) is 1. The van der Waals surface area contributed by atoms with Crippen LogP contribution in [0, 0.1) is 0 Å². The maximum atomic E-state index is 12.8. The molecule has 128 valence electrons. The van der Waals surface area contributed by atoms with E-state index in [1.165, 1.54) is 21.9 Å². The van der Waals surface area contributed by atoms with Gasteiger partial charge in [-0.25, -0.2) is 4.79 Å². The van der Waals surface area contributed by atoms with Crippen LogP contribution >= 0.6 is 11.6 Å². The quantitative estimate of drug-likeness (QED) is 0.706. The summed E-state index contributed by atoms with van der Waals surface area (Å²) in [6.45, 7) is 1.02. The molecule has 1 aromatic carbocycles. The lowest BCUT2D eigenvalue weighted by molar-refractivity contribution is -0.121. The summed E-state index contributed by atoms with van der Waals surface area (Å²) in [4.78, 5) is 38.8.